The molecule has 2 aliphatic carbocycles. The normalized spacial score (nSPS) is 34.5. The lowest BCUT2D eigenvalue weighted by molar-refractivity contribution is 0.170. The SMILES string of the molecule is CC(C)C1CCCCC1NC1CCC1. The van der Waals surface area contributed by atoms with Gasteiger partial charge in [0.05, 0.1) is 0 Å². The van der Waals surface area contributed by atoms with Gasteiger partial charge in [-0.05, 0) is 37.5 Å². The summed E-state index contributed by atoms with van der Waals surface area (Å²) < 4.78 is 0. The molecule has 0 amide bonds. The van der Waals surface area contributed by atoms with Gasteiger partial charge in [-0.3, -0.25) is 0 Å². The standard InChI is InChI=1S/C13H25N/c1-10(2)12-8-3-4-9-13(12)14-11-6-5-7-11/h10-14H,3-9H2,1-2H3. The van der Waals surface area contributed by atoms with E-state index < -0.39 is 0 Å². The average molecular weight is 195 g/mol. The van der Waals surface area contributed by atoms with Crippen molar-refractivity contribution in [2.75, 3.05) is 0 Å². The number of hydrogen-bond donors (Lipinski definition) is 1. The minimum Gasteiger partial charge on any atom is -0.311 e. The first-order chi connectivity index (χ1) is 6.77. The molecule has 2 fully saturated rings. The zero-order chi connectivity index (χ0) is 9.97. The lowest BCUT2D eigenvalue weighted by atomic mass is 9.76. The van der Waals surface area contributed by atoms with E-state index in [-0.39, 0.29) is 0 Å². The van der Waals surface area contributed by atoms with Crippen molar-refractivity contribution in [2.45, 2.75) is 70.9 Å². The van der Waals surface area contributed by atoms with Gasteiger partial charge in [0.15, 0.2) is 0 Å². The molecule has 0 aliphatic heterocycles. The highest BCUT2D eigenvalue weighted by Gasteiger charge is 2.30. The van der Waals surface area contributed by atoms with Crippen LogP contribution in [0.2, 0.25) is 0 Å². The lowest BCUT2D eigenvalue weighted by Gasteiger charge is -2.40. The zero-order valence-electron chi connectivity index (χ0n) is 9.76. The van der Waals surface area contributed by atoms with Gasteiger partial charge in [-0.2, -0.15) is 0 Å². The van der Waals surface area contributed by atoms with Gasteiger partial charge in [0, 0.05) is 12.1 Å². The zero-order valence-corrected chi connectivity index (χ0v) is 9.76. The van der Waals surface area contributed by atoms with Crippen LogP contribution in [0.25, 0.3) is 0 Å². The summed E-state index contributed by atoms with van der Waals surface area (Å²) in [6, 6.07) is 1.72. The molecule has 0 saturated heterocycles. The predicted molar refractivity (Wildman–Crippen MR) is 61.4 cm³/mol. The molecule has 0 bridgehead atoms. The maximum absolute atomic E-state index is 3.89. The van der Waals surface area contributed by atoms with Gasteiger partial charge in [-0.1, -0.05) is 33.1 Å². The topological polar surface area (TPSA) is 12.0 Å². The first-order valence-corrected chi connectivity index (χ1v) is 6.53. The summed E-state index contributed by atoms with van der Waals surface area (Å²) in [6.07, 6.45) is 10.1. The molecule has 0 radical (unpaired) electrons. The third kappa shape index (κ3) is 2.31. The Hall–Kier alpha value is -0.0400. The molecular weight excluding hydrogens is 170 g/mol. The van der Waals surface area contributed by atoms with Gasteiger partial charge in [0.1, 0.15) is 0 Å². The van der Waals surface area contributed by atoms with E-state index in [4.69, 9.17) is 0 Å². The van der Waals surface area contributed by atoms with Crippen LogP contribution in [0.5, 0.6) is 0 Å². The molecule has 1 heteroatoms. The minimum atomic E-state index is 0.842. The van der Waals surface area contributed by atoms with E-state index >= 15 is 0 Å². The fourth-order valence-corrected chi connectivity index (χ4v) is 3.04. The summed E-state index contributed by atoms with van der Waals surface area (Å²) in [5.74, 6) is 1.82. The number of nitrogens with one attached hydrogen (secondary N) is 1. The van der Waals surface area contributed by atoms with Crippen molar-refractivity contribution in [1.29, 1.82) is 0 Å². The van der Waals surface area contributed by atoms with E-state index in [0.29, 0.717) is 0 Å². The Balaban J connectivity index is 1.85. The maximum atomic E-state index is 3.89. The van der Waals surface area contributed by atoms with Gasteiger partial charge in [-0.25, -0.2) is 0 Å². The van der Waals surface area contributed by atoms with Gasteiger partial charge in [-0.15, -0.1) is 0 Å². The monoisotopic (exact) mass is 195 g/mol. The highest BCUT2D eigenvalue weighted by atomic mass is 15.0. The van der Waals surface area contributed by atoms with Crippen LogP contribution >= 0.6 is 0 Å². The molecule has 2 rings (SSSR count). The summed E-state index contributed by atoms with van der Waals surface area (Å²) in [5, 5.41) is 3.89. The summed E-state index contributed by atoms with van der Waals surface area (Å²) in [7, 11) is 0. The van der Waals surface area contributed by atoms with Crippen LogP contribution in [0.15, 0.2) is 0 Å². The molecule has 0 aromatic carbocycles. The second kappa shape index (κ2) is 4.65. The quantitative estimate of drug-likeness (QED) is 0.728. The number of hydrogen-bond acceptors (Lipinski definition) is 1. The third-order valence-electron chi connectivity index (χ3n) is 4.23. The molecule has 2 unspecified atom stereocenters. The Morgan fingerprint density at radius 1 is 0.929 bits per heavy atom. The molecule has 2 saturated carbocycles. The van der Waals surface area contributed by atoms with E-state index in [9.17, 15) is 0 Å². The third-order valence-corrected chi connectivity index (χ3v) is 4.23. The molecule has 82 valence electrons. The van der Waals surface area contributed by atoms with Gasteiger partial charge in [0.25, 0.3) is 0 Å². The molecule has 1 nitrogen and oxygen atoms in total. The van der Waals surface area contributed by atoms with Crippen molar-refractivity contribution < 1.29 is 0 Å². The van der Waals surface area contributed by atoms with Crippen LogP contribution < -0.4 is 5.32 Å². The van der Waals surface area contributed by atoms with Gasteiger partial charge < -0.3 is 5.32 Å². The first kappa shape index (κ1) is 10.5. The summed E-state index contributed by atoms with van der Waals surface area (Å²) >= 11 is 0. The largest absolute Gasteiger partial charge is 0.311 e. The fourth-order valence-electron chi connectivity index (χ4n) is 3.04. The average Bonchev–Trinajstić information content (AvgIpc) is 2.12. The maximum Gasteiger partial charge on any atom is 0.0100 e. The van der Waals surface area contributed by atoms with E-state index in [0.717, 1.165) is 23.9 Å². The second-order valence-corrected chi connectivity index (χ2v) is 5.59. The molecule has 0 spiro atoms. The molecule has 0 aromatic heterocycles. The van der Waals surface area contributed by atoms with E-state index in [1.165, 1.54) is 44.9 Å². The molecule has 2 aliphatic rings. The van der Waals surface area contributed by atoms with Crippen LogP contribution in [0, 0.1) is 11.8 Å². The lowest BCUT2D eigenvalue weighted by Crippen LogP contribution is -2.48. The Morgan fingerprint density at radius 3 is 2.21 bits per heavy atom. The van der Waals surface area contributed by atoms with Crippen molar-refractivity contribution in [1.82, 2.24) is 5.32 Å². The first-order valence-electron chi connectivity index (χ1n) is 6.53. The Bertz CT molecular complexity index is 172. The Morgan fingerprint density at radius 2 is 1.64 bits per heavy atom. The second-order valence-electron chi connectivity index (χ2n) is 5.59. The highest BCUT2D eigenvalue weighted by Crippen LogP contribution is 2.32. The van der Waals surface area contributed by atoms with Crippen molar-refractivity contribution in [3.63, 3.8) is 0 Å². The fraction of sp³-hybridized carbons (Fsp3) is 1.00. The molecule has 0 aromatic rings. The molecule has 14 heavy (non-hydrogen) atoms. The van der Waals surface area contributed by atoms with Crippen molar-refractivity contribution in [2.24, 2.45) is 11.8 Å². The Kier molecular flexibility index (Phi) is 3.48. The molecule has 1 N–H and O–H groups in total. The number of rotatable bonds is 3. The van der Waals surface area contributed by atoms with Gasteiger partial charge >= 0.3 is 0 Å². The van der Waals surface area contributed by atoms with Crippen LogP contribution in [0.3, 0.4) is 0 Å². The highest BCUT2D eigenvalue weighted by molar-refractivity contribution is 4.87. The van der Waals surface area contributed by atoms with Crippen molar-refractivity contribution >= 4 is 0 Å². The van der Waals surface area contributed by atoms with E-state index in [1.54, 1.807) is 0 Å². The van der Waals surface area contributed by atoms with Crippen molar-refractivity contribution in [3.8, 4) is 0 Å². The smallest absolute Gasteiger partial charge is 0.0100 e. The molecular formula is C13H25N. The van der Waals surface area contributed by atoms with Crippen molar-refractivity contribution in [3.05, 3.63) is 0 Å². The molecule has 0 heterocycles. The van der Waals surface area contributed by atoms with Crippen LogP contribution in [0.4, 0.5) is 0 Å². The van der Waals surface area contributed by atoms with E-state index in [1.807, 2.05) is 0 Å². The van der Waals surface area contributed by atoms with Crippen LogP contribution in [0.1, 0.15) is 58.8 Å². The van der Waals surface area contributed by atoms with E-state index in [2.05, 4.69) is 19.2 Å². The van der Waals surface area contributed by atoms with Crippen LogP contribution in [-0.4, -0.2) is 12.1 Å². The predicted octanol–water partition coefficient (Wildman–Crippen LogP) is 3.34. The Labute approximate surface area is 88.7 Å². The van der Waals surface area contributed by atoms with Gasteiger partial charge in [0.2, 0.25) is 0 Å². The summed E-state index contributed by atoms with van der Waals surface area (Å²) in [6.45, 7) is 4.79. The molecule has 2 atom stereocenters. The minimum absolute atomic E-state index is 0.842. The van der Waals surface area contributed by atoms with Crippen LogP contribution in [-0.2, 0) is 0 Å². The summed E-state index contributed by atoms with van der Waals surface area (Å²) in [4.78, 5) is 0. The summed E-state index contributed by atoms with van der Waals surface area (Å²) in [5.41, 5.74) is 0.